The molecule has 0 atom stereocenters. The summed E-state index contributed by atoms with van der Waals surface area (Å²) < 4.78 is 15.3. The number of rotatable bonds is 8. The molecule has 8 aromatic carbocycles. The molecule has 3 heterocycles. The molecule has 0 saturated carbocycles. The highest BCUT2D eigenvalue weighted by Crippen LogP contribution is 2.41. The van der Waals surface area contributed by atoms with Crippen LogP contribution in [-0.2, 0) is 6.54 Å². The Labute approximate surface area is 352 Å². The largest absolute Gasteiger partial charge is 0.456 e. The number of hydrogen-bond donors (Lipinski definition) is 0. The van der Waals surface area contributed by atoms with Gasteiger partial charge in [-0.1, -0.05) is 134 Å². The SMILES string of the molecule is C=Cc1c(/C=C\C)n(-c2ccc3oc4cccc(-c5ccc6oc7cccc(C=NC(=NCc8ccccc8)c8ccc9ccccc9c8)c7c6c5)c4c3c2)c2ccccc12. The molecule has 0 aliphatic rings. The number of para-hydroxylation sites is 1. The summed E-state index contributed by atoms with van der Waals surface area (Å²) in [5.74, 6) is 0.671. The zero-order valence-electron chi connectivity index (χ0n) is 33.5. The quantitative estimate of drug-likeness (QED) is 0.114. The second-order valence-electron chi connectivity index (χ2n) is 15.3. The molecule has 0 spiro atoms. The van der Waals surface area contributed by atoms with E-state index < -0.39 is 0 Å². The Morgan fingerprint density at radius 3 is 2.20 bits per heavy atom. The molecule has 0 unspecified atom stereocenters. The Bertz CT molecular complexity index is 3600. The minimum Gasteiger partial charge on any atom is -0.456 e. The minimum absolute atomic E-state index is 0.521. The van der Waals surface area contributed by atoms with E-state index in [4.69, 9.17) is 18.8 Å². The zero-order chi connectivity index (χ0) is 40.9. The molecule has 5 nitrogen and oxygen atoms in total. The summed E-state index contributed by atoms with van der Waals surface area (Å²) in [6.07, 6.45) is 8.12. The van der Waals surface area contributed by atoms with Crippen LogP contribution in [0.5, 0.6) is 0 Å². The predicted molar refractivity (Wildman–Crippen MR) is 256 cm³/mol. The lowest BCUT2D eigenvalue weighted by molar-refractivity contribution is 0.668. The maximum absolute atomic E-state index is 6.53. The number of fused-ring (bicyclic) bond motifs is 8. The Balaban J connectivity index is 1.04. The number of furan rings is 2. The first-order chi connectivity index (χ1) is 30.1. The van der Waals surface area contributed by atoms with Crippen LogP contribution in [0.15, 0.2) is 201 Å². The molecule has 0 radical (unpaired) electrons. The molecule has 11 aromatic rings. The average Bonchev–Trinajstić information content (AvgIpc) is 3.98. The monoisotopic (exact) mass is 785 g/mol. The first-order valence-corrected chi connectivity index (χ1v) is 20.6. The molecule has 0 saturated heterocycles. The van der Waals surface area contributed by atoms with Gasteiger partial charge >= 0.3 is 0 Å². The highest BCUT2D eigenvalue weighted by Gasteiger charge is 2.19. The topological polar surface area (TPSA) is 55.9 Å². The van der Waals surface area contributed by atoms with E-state index in [9.17, 15) is 0 Å². The lowest BCUT2D eigenvalue weighted by Gasteiger charge is -2.10. The molecule has 0 aliphatic heterocycles. The van der Waals surface area contributed by atoms with Crippen molar-refractivity contribution in [2.24, 2.45) is 9.98 Å². The van der Waals surface area contributed by atoms with Gasteiger partial charge < -0.3 is 13.4 Å². The maximum atomic E-state index is 6.53. The molecule has 0 amide bonds. The van der Waals surface area contributed by atoms with Crippen molar-refractivity contribution in [3.05, 3.63) is 210 Å². The van der Waals surface area contributed by atoms with Crippen molar-refractivity contribution < 1.29 is 8.83 Å². The summed E-state index contributed by atoms with van der Waals surface area (Å²) in [5, 5.41) is 7.62. The van der Waals surface area contributed by atoms with Gasteiger partial charge in [0.1, 0.15) is 22.3 Å². The number of benzene rings is 8. The van der Waals surface area contributed by atoms with Gasteiger partial charge in [-0.3, -0.25) is 4.99 Å². The number of nitrogens with zero attached hydrogens (tertiary/aromatic N) is 3. The average molecular weight is 786 g/mol. The van der Waals surface area contributed by atoms with Crippen LogP contribution in [-0.4, -0.2) is 16.6 Å². The third kappa shape index (κ3) is 6.26. The van der Waals surface area contributed by atoms with Crippen molar-refractivity contribution in [1.82, 2.24) is 4.57 Å². The molecule has 61 heavy (non-hydrogen) atoms. The third-order valence-corrected chi connectivity index (χ3v) is 11.6. The van der Waals surface area contributed by atoms with Gasteiger partial charge in [-0.05, 0) is 95.1 Å². The molecule has 0 fully saturated rings. The van der Waals surface area contributed by atoms with E-state index in [0.29, 0.717) is 12.4 Å². The second kappa shape index (κ2) is 15.0. The molecule has 3 aromatic heterocycles. The van der Waals surface area contributed by atoms with E-state index in [1.54, 1.807) is 0 Å². The van der Waals surface area contributed by atoms with Crippen molar-refractivity contribution in [2.45, 2.75) is 13.5 Å². The summed E-state index contributed by atoms with van der Waals surface area (Å²) in [6.45, 7) is 6.75. The number of hydrogen-bond acceptors (Lipinski definition) is 3. The van der Waals surface area contributed by atoms with Gasteiger partial charge in [0.2, 0.25) is 0 Å². The molecule has 11 rings (SSSR count). The van der Waals surface area contributed by atoms with Gasteiger partial charge in [-0.2, -0.15) is 0 Å². The fraction of sp³-hybridized carbons (Fsp3) is 0.0357. The lowest BCUT2D eigenvalue weighted by atomic mass is 9.97. The van der Waals surface area contributed by atoms with Gasteiger partial charge in [0.05, 0.1) is 17.8 Å². The van der Waals surface area contributed by atoms with Gasteiger partial charge in [0, 0.05) is 55.5 Å². The zero-order valence-corrected chi connectivity index (χ0v) is 33.5. The molecule has 5 heteroatoms. The first kappa shape index (κ1) is 36.1. The smallest absolute Gasteiger partial charge is 0.154 e. The van der Waals surface area contributed by atoms with Crippen LogP contribution in [0.4, 0.5) is 0 Å². The van der Waals surface area contributed by atoms with E-state index in [2.05, 4.69) is 170 Å². The Kier molecular flexibility index (Phi) is 8.86. The van der Waals surface area contributed by atoms with Gasteiger partial charge in [0.15, 0.2) is 5.84 Å². The van der Waals surface area contributed by atoms with Crippen LogP contribution in [0.1, 0.15) is 34.9 Å². The van der Waals surface area contributed by atoms with Crippen LogP contribution in [0, 0.1) is 0 Å². The molecular weight excluding hydrogens is 747 g/mol. The van der Waals surface area contributed by atoms with E-state index in [-0.39, 0.29) is 0 Å². The molecule has 0 bridgehead atoms. The van der Waals surface area contributed by atoms with Crippen molar-refractivity contribution in [1.29, 1.82) is 0 Å². The summed E-state index contributed by atoms with van der Waals surface area (Å²) in [4.78, 5) is 10.2. The number of amidine groups is 1. The lowest BCUT2D eigenvalue weighted by Crippen LogP contribution is -2.00. The van der Waals surface area contributed by atoms with Gasteiger partial charge in [0.25, 0.3) is 0 Å². The highest BCUT2D eigenvalue weighted by atomic mass is 16.3. The predicted octanol–water partition coefficient (Wildman–Crippen LogP) is 15.0. The standard InChI is InChI=1S/C56H39N3O2/c1-3-14-48-43(4-2)45-20-10-11-22-49(45)59(48)42-28-30-51-47(33-42)55-44(21-13-24-53(55)61-51)39-27-29-50-46(32-39)54-41(19-12-23-52(54)60-50)35-58-56(57-34-36-15-6-5-7-16-36)40-26-25-37-17-8-9-18-38(37)31-40/h3-33,35H,2,34H2,1H3/b14-3-,57-56?,58-35?. The third-order valence-electron chi connectivity index (χ3n) is 11.6. The number of aliphatic imine (C=N–C) groups is 2. The number of allylic oxidation sites excluding steroid dienone is 1. The van der Waals surface area contributed by atoms with Crippen LogP contribution in [0.3, 0.4) is 0 Å². The second-order valence-corrected chi connectivity index (χ2v) is 15.3. The van der Waals surface area contributed by atoms with Gasteiger partial charge in [-0.25, -0.2) is 4.99 Å². The molecular formula is C56H39N3O2. The summed E-state index contributed by atoms with van der Waals surface area (Å²) in [6, 6.07) is 59.0. The van der Waals surface area contributed by atoms with Crippen molar-refractivity contribution in [3.8, 4) is 16.8 Å². The Hall–Kier alpha value is -8.02. The molecule has 0 N–H and O–H groups in total. The fourth-order valence-corrected chi connectivity index (χ4v) is 8.84. The Morgan fingerprint density at radius 1 is 0.623 bits per heavy atom. The molecule has 290 valence electrons. The first-order valence-electron chi connectivity index (χ1n) is 20.6. The van der Waals surface area contributed by atoms with E-state index in [1.807, 2.05) is 42.6 Å². The van der Waals surface area contributed by atoms with Crippen molar-refractivity contribution in [3.63, 3.8) is 0 Å². The summed E-state index contributed by atoms with van der Waals surface area (Å²) >= 11 is 0. The molecule has 0 aliphatic carbocycles. The van der Waals surface area contributed by atoms with Crippen molar-refractivity contribution >= 4 is 89.8 Å². The van der Waals surface area contributed by atoms with Crippen LogP contribution in [0.25, 0.3) is 94.5 Å². The van der Waals surface area contributed by atoms with E-state index in [0.717, 1.165) is 105 Å². The Morgan fingerprint density at radius 2 is 1.36 bits per heavy atom. The normalized spacial score (nSPS) is 12.4. The highest BCUT2D eigenvalue weighted by molar-refractivity contribution is 6.18. The summed E-state index contributed by atoms with van der Waals surface area (Å²) in [7, 11) is 0. The van der Waals surface area contributed by atoms with Crippen molar-refractivity contribution in [2.75, 3.05) is 0 Å². The van der Waals surface area contributed by atoms with Crippen LogP contribution in [0.2, 0.25) is 0 Å². The minimum atomic E-state index is 0.521. The van der Waals surface area contributed by atoms with Crippen LogP contribution < -0.4 is 0 Å². The van der Waals surface area contributed by atoms with Crippen LogP contribution >= 0.6 is 0 Å². The summed E-state index contributed by atoms with van der Waals surface area (Å²) in [5.41, 5.74) is 12.9. The van der Waals surface area contributed by atoms with Gasteiger partial charge in [-0.15, -0.1) is 0 Å². The van der Waals surface area contributed by atoms with E-state index >= 15 is 0 Å². The maximum Gasteiger partial charge on any atom is 0.154 e. The number of aromatic nitrogens is 1. The fourth-order valence-electron chi connectivity index (χ4n) is 8.84. The van der Waals surface area contributed by atoms with E-state index in [1.165, 1.54) is 5.39 Å².